The number of rotatable bonds is 12. The number of alkyl halides is 2. The molecule has 0 spiro atoms. The fourth-order valence-corrected chi connectivity index (χ4v) is 2.98. The summed E-state index contributed by atoms with van der Waals surface area (Å²) in [5.41, 5.74) is 5.97. The smallest absolute Gasteiger partial charge is 0.327 e. The van der Waals surface area contributed by atoms with Crippen LogP contribution in [0.3, 0.4) is 0 Å². The second-order valence-electron chi connectivity index (χ2n) is 6.43. The summed E-state index contributed by atoms with van der Waals surface area (Å²) < 4.78 is 0. The third kappa shape index (κ3) is 8.04. The lowest BCUT2D eigenvalue weighted by atomic mass is 10.0. The number of phenols is 1. The minimum Gasteiger partial charge on any atom is -0.508 e. The van der Waals surface area contributed by atoms with E-state index < -0.39 is 28.7 Å². The largest absolute Gasteiger partial charge is 0.508 e. The number of aliphatic carboxylic acids is 1. The molecule has 9 heteroatoms. The van der Waals surface area contributed by atoms with Gasteiger partial charge in [0.15, 0.2) is 4.84 Å². The summed E-state index contributed by atoms with van der Waals surface area (Å²) in [6.07, 6.45) is 3.96. The maximum absolute atomic E-state index is 12.6. The molecule has 4 N–H and O–H groups in total. The van der Waals surface area contributed by atoms with E-state index in [0.29, 0.717) is 23.4 Å². The highest BCUT2D eigenvalue weighted by Gasteiger charge is 2.36. The quantitative estimate of drug-likeness (QED) is 0.344. The highest BCUT2D eigenvalue weighted by molar-refractivity contribution is 6.54. The van der Waals surface area contributed by atoms with Gasteiger partial charge in [0, 0.05) is 12.8 Å². The fraction of sp³-hybridized carbons (Fsp3) is 0.526. The number of aromatic hydroxyl groups is 1. The Bertz CT molecular complexity index is 652. The second-order valence-corrected chi connectivity index (χ2v) is 7.53. The fourth-order valence-electron chi connectivity index (χ4n) is 2.77. The van der Waals surface area contributed by atoms with Gasteiger partial charge < -0.3 is 15.9 Å². The van der Waals surface area contributed by atoms with Crippen molar-refractivity contribution in [1.82, 2.24) is 4.90 Å². The summed E-state index contributed by atoms with van der Waals surface area (Å²) in [7, 11) is 0. The van der Waals surface area contributed by atoms with Crippen LogP contribution >= 0.6 is 23.2 Å². The normalized spacial score (nSPS) is 12.0. The number of hydrogen-bond acceptors (Lipinski definition) is 5. The third-order valence-corrected chi connectivity index (χ3v) is 4.62. The summed E-state index contributed by atoms with van der Waals surface area (Å²) in [6.45, 7) is 0.617. The molecule has 0 bridgehead atoms. The molecule has 0 aromatic heterocycles. The van der Waals surface area contributed by atoms with Gasteiger partial charge in [0.05, 0.1) is 0 Å². The Balaban J connectivity index is 2.88. The van der Waals surface area contributed by atoms with Crippen molar-refractivity contribution in [3.63, 3.8) is 0 Å². The van der Waals surface area contributed by atoms with E-state index in [1.54, 1.807) is 0 Å². The van der Waals surface area contributed by atoms with Gasteiger partial charge in [-0.15, -0.1) is 0 Å². The zero-order valence-corrected chi connectivity index (χ0v) is 17.0. The number of unbranched alkanes of at least 4 members (excludes halogenated alkanes) is 4. The maximum Gasteiger partial charge on any atom is 0.327 e. The lowest BCUT2D eigenvalue weighted by Crippen LogP contribution is -2.51. The summed E-state index contributed by atoms with van der Waals surface area (Å²) >= 11 is 11.3. The molecule has 0 radical (unpaired) electrons. The van der Waals surface area contributed by atoms with Crippen molar-refractivity contribution < 1.29 is 24.6 Å². The molecule has 0 saturated carbocycles. The van der Waals surface area contributed by atoms with Crippen LogP contribution in [0.2, 0.25) is 0 Å². The number of nitrogens with zero attached hydrogens (tertiary/aromatic N) is 1. The first-order valence-electron chi connectivity index (χ1n) is 9.12. The molecule has 7 nitrogen and oxygen atoms in total. The Morgan fingerprint density at radius 3 is 2.11 bits per heavy atom. The molecular weight excluding hydrogens is 407 g/mol. The Morgan fingerprint density at radius 1 is 1.00 bits per heavy atom. The van der Waals surface area contributed by atoms with Gasteiger partial charge in [-0.2, -0.15) is 0 Å². The molecule has 28 heavy (non-hydrogen) atoms. The molecule has 0 saturated heterocycles. The van der Waals surface area contributed by atoms with Gasteiger partial charge in [-0.25, -0.2) is 4.79 Å². The van der Waals surface area contributed by atoms with Crippen LogP contribution in [0.25, 0.3) is 0 Å². The molecule has 1 aromatic carbocycles. The minimum absolute atomic E-state index is 0.0220. The van der Waals surface area contributed by atoms with Crippen LogP contribution in [0.5, 0.6) is 5.75 Å². The summed E-state index contributed by atoms with van der Waals surface area (Å²) in [6, 6.07) is 4.40. The number of amides is 2. The molecule has 156 valence electrons. The average molecular weight is 433 g/mol. The molecule has 0 aliphatic rings. The monoisotopic (exact) mass is 432 g/mol. The van der Waals surface area contributed by atoms with Crippen molar-refractivity contribution in [2.75, 3.05) is 6.54 Å². The molecule has 1 aromatic rings. The number of carbonyl (C=O) groups excluding carboxylic acids is 2. The van der Waals surface area contributed by atoms with Crippen LogP contribution in [-0.2, 0) is 20.8 Å². The number of carbonyl (C=O) groups is 3. The molecule has 1 atom stereocenters. The predicted molar refractivity (Wildman–Crippen MR) is 107 cm³/mol. The summed E-state index contributed by atoms with van der Waals surface area (Å²) in [5, 5.41) is 19.0. The molecule has 2 amide bonds. The summed E-state index contributed by atoms with van der Waals surface area (Å²) in [4.78, 5) is 35.9. The van der Waals surface area contributed by atoms with Gasteiger partial charge in [0.25, 0.3) is 5.91 Å². The number of carboxylic acids is 1. The van der Waals surface area contributed by atoms with E-state index in [-0.39, 0.29) is 18.6 Å². The van der Waals surface area contributed by atoms with Gasteiger partial charge in [-0.05, 0) is 37.1 Å². The van der Waals surface area contributed by atoms with Crippen LogP contribution in [0.4, 0.5) is 0 Å². The van der Waals surface area contributed by atoms with Crippen LogP contribution in [0, 0.1) is 0 Å². The minimum atomic E-state index is -1.55. The Labute approximate surface area is 174 Å². The first-order valence-corrected chi connectivity index (χ1v) is 10.00. The lowest BCUT2D eigenvalue weighted by Gasteiger charge is -2.28. The second kappa shape index (κ2) is 12.6. The number of hydrogen-bond donors (Lipinski definition) is 3. The third-order valence-electron chi connectivity index (χ3n) is 4.25. The van der Waals surface area contributed by atoms with Gasteiger partial charge in [0.1, 0.15) is 11.8 Å². The van der Waals surface area contributed by atoms with Crippen molar-refractivity contribution in [3.05, 3.63) is 29.8 Å². The molecule has 0 aliphatic carbocycles. The standard InChI is InChI=1S/C19H26Cl2N2O5/c20-17(21)18(26)23(16(25)6-4-2-1-3-5-11-22)15(19(27)28)12-13-7-9-14(24)10-8-13/h7-10,15,17,24H,1-6,11-12,22H2,(H,27,28). The predicted octanol–water partition coefficient (Wildman–Crippen LogP) is 2.85. The number of nitrogens with two attached hydrogens (primary N) is 1. The zero-order chi connectivity index (χ0) is 21.1. The van der Waals surface area contributed by atoms with Gasteiger partial charge >= 0.3 is 5.97 Å². The van der Waals surface area contributed by atoms with Crippen LogP contribution in [0.1, 0.15) is 44.1 Å². The van der Waals surface area contributed by atoms with Crippen molar-refractivity contribution in [3.8, 4) is 5.75 Å². The van der Waals surface area contributed by atoms with Crippen molar-refractivity contribution in [2.24, 2.45) is 5.73 Å². The van der Waals surface area contributed by atoms with E-state index in [1.807, 2.05) is 0 Å². The molecule has 1 rings (SSSR count). The van der Waals surface area contributed by atoms with Crippen LogP contribution in [0.15, 0.2) is 24.3 Å². The van der Waals surface area contributed by atoms with Crippen molar-refractivity contribution in [1.29, 1.82) is 0 Å². The van der Waals surface area contributed by atoms with Crippen LogP contribution in [-0.4, -0.2) is 50.3 Å². The average Bonchev–Trinajstić information content (AvgIpc) is 2.65. The lowest BCUT2D eigenvalue weighted by molar-refractivity contribution is -0.157. The van der Waals surface area contributed by atoms with Gasteiger partial charge in [-0.1, -0.05) is 54.6 Å². The first-order chi connectivity index (χ1) is 13.3. The van der Waals surface area contributed by atoms with Gasteiger partial charge in [0.2, 0.25) is 5.91 Å². The van der Waals surface area contributed by atoms with E-state index in [2.05, 4.69) is 0 Å². The molecule has 0 heterocycles. The van der Waals surface area contributed by atoms with E-state index in [1.165, 1.54) is 24.3 Å². The Kier molecular flexibility index (Phi) is 10.9. The van der Waals surface area contributed by atoms with E-state index in [9.17, 15) is 24.6 Å². The Hall–Kier alpha value is -1.83. The zero-order valence-electron chi connectivity index (χ0n) is 15.5. The van der Waals surface area contributed by atoms with Crippen molar-refractivity contribution in [2.45, 2.75) is 55.8 Å². The van der Waals surface area contributed by atoms with E-state index >= 15 is 0 Å². The number of phenolic OH excluding ortho intramolecular Hbond substituents is 1. The summed E-state index contributed by atoms with van der Waals surface area (Å²) in [5.74, 6) is -2.90. The van der Waals surface area contributed by atoms with E-state index in [4.69, 9.17) is 28.9 Å². The number of imide groups is 1. The number of halogens is 2. The highest BCUT2D eigenvalue weighted by Crippen LogP contribution is 2.19. The van der Waals surface area contributed by atoms with Gasteiger partial charge in [-0.3, -0.25) is 14.5 Å². The van der Waals surface area contributed by atoms with E-state index in [0.717, 1.165) is 25.7 Å². The molecule has 0 fully saturated rings. The molecule has 1 unspecified atom stereocenters. The number of carboxylic acid groups (broad SMARTS) is 1. The maximum atomic E-state index is 12.6. The molecule has 0 aliphatic heterocycles. The van der Waals surface area contributed by atoms with Crippen LogP contribution < -0.4 is 5.73 Å². The molecular formula is C19H26Cl2N2O5. The number of benzene rings is 1. The topological polar surface area (TPSA) is 121 Å². The Morgan fingerprint density at radius 2 is 1.57 bits per heavy atom. The SMILES string of the molecule is NCCCCCCCC(=O)N(C(=O)C(Cl)Cl)C(Cc1ccc(O)cc1)C(=O)O. The highest BCUT2D eigenvalue weighted by atomic mass is 35.5. The first kappa shape index (κ1) is 24.2. The van der Waals surface area contributed by atoms with Crippen molar-refractivity contribution >= 4 is 41.0 Å².